The first kappa shape index (κ1) is 5.04. The molecule has 2 heteroatoms. The molecule has 0 aromatic carbocycles. The fourth-order valence-corrected chi connectivity index (χ4v) is 0.814. The molecule has 1 fully saturated rings. The Morgan fingerprint density at radius 1 is 1.57 bits per heavy atom. The first-order chi connectivity index (χ1) is 3.30. The monoisotopic (exact) mass is 115 g/mol. The molecular formula is C5H9NS. The van der Waals surface area contributed by atoms with E-state index in [1.807, 2.05) is 6.92 Å². The first-order valence-corrected chi connectivity index (χ1v) is 2.97. The SMILES string of the molecule is CC(=S)N1CCC1. The Bertz CT molecular complexity index is 86.1. The van der Waals surface area contributed by atoms with Crippen molar-refractivity contribution in [3.05, 3.63) is 0 Å². The third-order valence-electron chi connectivity index (χ3n) is 1.30. The van der Waals surface area contributed by atoms with Crippen LogP contribution in [0.15, 0.2) is 0 Å². The van der Waals surface area contributed by atoms with Gasteiger partial charge < -0.3 is 4.90 Å². The molecule has 0 bridgehead atoms. The van der Waals surface area contributed by atoms with Crippen molar-refractivity contribution < 1.29 is 0 Å². The summed E-state index contributed by atoms with van der Waals surface area (Å²) in [5.41, 5.74) is 0. The second-order valence-corrected chi connectivity index (χ2v) is 2.45. The van der Waals surface area contributed by atoms with Crippen molar-refractivity contribution in [3.63, 3.8) is 0 Å². The lowest BCUT2D eigenvalue weighted by Gasteiger charge is -2.31. The molecule has 1 rings (SSSR count). The van der Waals surface area contributed by atoms with Gasteiger partial charge in [0.1, 0.15) is 0 Å². The van der Waals surface area contributed by atoms with E-state index in [2.05, 4.69) is 4.90 Å². The van der Waals surface area contributed by atoms with Gasteiger partial charge in [0, 0.05) is 13.1 Å². The number of likely N-dealkylation sites (tertiary alicyclic amines) is 1. The molecule has 1 heterocycles. The Balaban J connectivity index is 2.27. The second-order valence-electron chi connectivity index (χ2n) is 1.86. The van der Waals surface area contributed by atoms with Crippen molar-refractivity contribution in [2.24, 2.45) is 0 Å². The smallest absolute Gasteiger partial charge is 0.0747 e. The number of rotatable bonds is 0. The first-order valence-electron chi connectivity index (χ1n) is 2.56. The third-order valence-corrected chi connectivity index (χ3v) is 1.56. The summed E-state index contributed by atoms with van der Waals surface area (Å²) in [6.45, 7) is 4.36. The van der Waals surface area contributed by atoms with E-state index in [9.17, 15) is 0 Å². The summed E-state index contributed by atoms with van der Waals surface area (Å²) >= 11 is 4.89. The van der Waals surface area contributed by atoms with E-state index in [0.717, 1.165) is 4.99 Å². The van der Waals surface area contributed by atoms with E-state index in [1.165, 1.54) is 19.5 Å². The highest BCUT2D eigenvalue weighted by Crippen LogP contribution is 2.05. The highest BCUT2D eigenvalue weighted by Gasteiger charge is 2.12. The molecule has 0 unspecified atom stereocenters. The number of thiocarbonyl (C=S) groups is 1. The van der Waals surface area contributed by atoms with Gasteiger partial charge in [0.25, 0.3) is 0 Å². The molecule has 0 N–H and O–H groups in total. The molecule has 0 spiro atoms. The van der Waals surface area contributed by atoms with Crippen LogP contribution in [0.4, 0.5) is 0 Å². The summed E-state index contributed by atoms with van der Waals surface area (Å²) in [6.07, 6.45) is 1.33. The molecule has 1 saturated heterocycles. The second kappa shape index (κ2) is 1.78. The highest BCUT2D eigenvalue weighted by molar-refractivity contribution is 7.80. The van der Waals surface area contributed by atoms with Gasteiger partial charge in [0.2, 0.25) is 0 Å². The minimum atomic E-state index is 1.05. The Kier molecular flexibility index (Phi) is 1.28. The third kappa shape index (κ3) is 0.911. The molecule has 0 aliphatic carbocycles. The van der Waals surface area contributed by atoms with E-state index in [4.69, 9.17) is 12.2 Å². The summed E-state index contributed by atoms with van der Waals surface area (Å²) in [4.78, 5) is 3.25. The van der Waals surface area contributed by atoms with Crippen molar-refractivity contribution in [3.8, 4) is 0 Å². The largest absolute Gasteiger partial charge is 0.366 e. The molecule has 0 amide bonds. The number of nitrogens with zero attached hydrogens (tertiary/aromatic N) is 1. The normalized spacial score (nSPS) is 18.7. The van der Waals surface area contributed by atoms with Gasteiger partial charge in [-0.25, -0.2) is 0 Å². The molecule has 1 aliphatic heterocycles. The van der Waals surface area contributed by atoms with E-state index in [0.29, 0.717) is 0 Å². The van der Waals surface area contributed by atoms with Crippen molar-refractivity contribution in [1.29, 1.82) is 0 Å². The van der Waals surface area contributed by atoms with Crippen LogP contribution in [0.1, 0.15) is 13.3 Å². The lowest BCUT2D eigenvalue weighted by atomic mass is 10.2. The lowest BCUT2D eigenvalue weighted by Crippen LogP contribution is -2.39. The van der Waals surface area contributed by atoms with Crippen LogP contribution in [0.3, 0.4) is 0 Å². The zero-order chi connectivity index (χ0) is 5.28. The Morgan fingerprint density at radius 3 is 2.14 bits per heavy atom. The zero-order valence-corrected chi connectivity index (χ0v) is 5.29. The van der Waals surface area contributed by atoms with Crippen LogP contribution in [0, 0.1) is 0 Å². The predicted molar refractivity (Wildman–Crippen MR) is 34.5 cm³/mol. The van der Waals surface area contributed by atoms with Crippen LogP contribution in [-0.4, -0.2) is 23.0 Å². The zero-order valence-electron chi connectivity index (χ0n) is 4.48. The molecule has 0 radical (unpaired) electrons. The maximum atomic E-state index is 4.89. The fourth-order valence-electron chi connectivity index (χ4n) is 0.631. The minimum Gasteiger partial charge on any atom is -0.366 e. The van der Waals surface area contributed by atoms with Crippen molar-refractivity contribution >= 4 is 17.2 Å². The van der Waals surface area contributed by atoms with Gasteiger partial charge in [-0.15, -0.1) is 0 Å². The van der Waals surface area contributed by atoms with Gasteiger partial charge in [-0.05, 0) is 13.3 Å². The van der Waals surface area contributed by atoms with Gasteiger partial charge in [-0.3, -0.25) is 0 Å². The van der Waals surface area contributed by atoms with Crippen molar-refractivity contribution in [2.75, 3.05) is 13.1 Å². The Hall–Kier alpha value is -0.110. The maximum Gasteiger partial charge on any atom is 0.0747 e. The minimum absolute atomic E-state index is 1.05. The molecule has 0 aromatic heterocycles. The van der Waals surface area contributed by atoms with E-state index >= 15 is 0 Å². The molecular weight excluding hydrogens is 106 g/mol. The molecule has 0 saturated carbocycles. The average Bonchev–Trinajstić information content (AvgIpc) is 1.23. The van der Waals surface area contributed by atoms with Crippen LogP contribution >= 0.6 is 12.2 Å². The van der Waals surface area contributed by atoms with E-state index < -0.39 is 0 Å². The van der Waals surface area contributed by atoms with Gasteiger partial charge in [-0.2, -0.15) is 0 Å². The molecule has 40 valence electrons. The van der Waals surface area contributed by atoms with Gasteiger partial charge >= 0.3 is 0 Å². The van der Waals surface area contributed by atoms with E-state index in [-0.39, 0.29) is 0 Å². The Labute approximate surface area is 49.3 Å². The molecule has 1 aliphatic rings. The molecule has 0 aromatic rings. The van der Waals surface area contributed by atoms with Crippen LogP contribution in [0.2, 0.25) is 0 Å². The topological polar surface area (TPSA) is 3.24 Å². The van der Waals surface area contributed by atoms with Crippen molar-refractivity contribution in [1.82, 2.24) is 4.90 Å². The maximum absolute atomic E-state index is 4.89. The van der Waals surface area contributed by atoms with Gasteiger partial charge in [0.15, 0.2) is 0 Å². The quantitative estimate of drug-likeness (QED) is 0.434. The van der Waals surface area contributed by atoms with Crippen LogP contribution in [-0.2, 0) is 0 Å². The summed E-state index contributed by atoms with van der Waals surface area (Å²) in [5.74, 6) is 0. The fraction of sp³-hybridized carbons (Fsp3) is 0.800. The molecule has 0 atom stereocenters. The summed E-state index contributed by atoms with van der Waals surface area (Å²) in [5, 5.41) is 0. The molecule has 1 nitrogen and oxygen atoms in total. The highest BCUT2D eigenvalue weighted by atomic mass is 32.1. The van der Waals surface area contributed by atoms with Crippen LogP contribution in [0.5, 0.6) is 0 Å². The van der Waals surface area contributed by atoms with Crippen LogP contribution < -0.4 is 0 Å². The molecule has 7 heavy (non-hydrogen) atoms. The van der Waals surface area contributed by atoms with E-state index in [1.54, 1.807) is 0 Å². The van der Waals surface area contributed by atoms with Crippen LogP contribution in [0.25, 0.3) is 0 Å². The predicted octanol–water partition coefficient (Wildman–Crippen LogP) is 1.04. The number of hydrogen-bond donors (Lipinski definition) is 0. The van der Waals surface area contributed by atoms with Gasteiger partial charge in [0.05, 0.1) is 4.99 Å². The standard InChI is InChI=1S/C5H9NS/c1-5(7)6-3-2-4-6/h2-4H2,1H3. The van der Waals surface area contributed by atoms with Gasteiger partial charge in [-0.1, -0.05) is 12.2 Å². The average molecular weight is 115 g/mol. The summed E-state index contributed by atoms with van der Waals surface area (Å²) in [6, 6.07) is 0. The lowest BCUT2D eigenvalue weighted by molar-refractivity contribution is 0.304. The summed E-state index contributed by atoms with van der Waals surface area (Å²) in [7, 11) is 0. The Morgan fingerprint density at radius 2 is 2.14 bits per heavy atom. The summed E-state index contributed by atoms with van der Waals surface area (Å²) < 4.78 is 0. The van der Waals surface area contributed by atoms with Crippen molar-refractivity contribution in [2.45, 2.75) is 13.3 Å². The number of hydrogen-bond acceptors (Lipinski definition) is 1.